The molecule has 0 bridgehead atoms. The Balaban J connectivity index is 1.51. The molecular weight excluding hydrogens is 405 g/mol. The maximum atomic E-state index is 12.8. The van der Waals surface area contributed by atoms with Gasteiger partial charge in [0, 0.05) is 37.4 Å². The van der Waals surface area contributed by atoms with Crippen LogP contribution in [0.1, 0.15) is 27.5 Å². The van der Waals surface area contributed by atoms with Crippen molar-refractivity contribution < 1.29 is 4.79 Å². The quantitative estimate of drug-likeness (QED) is 0.555. The summed E-state index contributed by atoms with van der Waals surface area (Å²) in [6.07, 6.45) is 1.54. The lowest BCUT2D eigenvalue weighted by molar-refractivity contribution is 0.0597. The van der Waals surface area contributed by atoms with Crippen molar-refractivity contribution in [1.82, 2.24) is 14.8 Å². The molecule has 6 heteroatoms. The van der Waals surface area contributed by atoms with E-state index in [1.54, 1.807) is 12.1 Å². The Hall–Kier alpha value is -2.40. The van der Waals surface area contributed by atoms with Crippen LogP contribution in [0, 0.1) is 0 Å². The fourth-order valence-electron chi connectivity index (χ4n) is 3.76. The van der Waals surface area contributed by atoms with Crippen molar-refractivity contribution >= 4 is 29.1 Å². The molecule has 1 fully saturated rings. The van der Waals surface area contributed by atoms with E-state index in [1.807, 2.05) is 23.1 Å². The highest BCUT2D eigenvalue weighted by Gasteiger charge is 2.28. The molecule has 0 spiro atoms. The van der Waals surface area contributed by atoms with Gasteiger partial charge in [0.2, 0.25) is 0 Å². The number of benzene rings is 2. The zero-order valence-electron chi connectivity index (χ0n) is 15.8. The number of halogens is 2. The van der Waals surface area contributed by atoms with Crippen LogP contribution < -0.4 is 0 Å². The summed E-state index contributed by atoms with van der Waals surface area (Å²) < 4.78 is 0. The second kappa shape index (κ2) is 8.95. The topological polar surface area (TPSA) is 36.4 Å². The Morgan fingerprint density at radius 2 is 1.48 bits per heavy atom. The lowest BCUT2D eigenvalue weighted by Gasteiger charge is -2.39. The third-order valence-electron chi connectivity index (χ3n) is 5.24. The van der Waals surface area contributed by atoms with Crippen LogP contribution in [-0.4, -0.2) is 46.9 Å². The molecule has 2 heterocycles. The molecule has 0 radical (unpaired) electrons. The number of carbonyl (C=O) groups is 1. The van der Waals surface area contributed by atoms with E-state index in [9.17, 15) is 4.79 Å². The van der Waals surface area contributed by atoms with Crippen molar-refractivity contribution in [2.45, 2.75) is 6.04 Å². The lowest BCUT2D eigenvalue weighted by atomic mass is 9.96. The van der Waals surface area contributed by atoms with Crippen LogP contribution in [0.25, 0.3) is 0 Å². The number of hydrogen-bond donors (Lipinski definition) is 0. The van der Waals surface area contributed by atoms with Gasteiger partial charge in [0.15, 0.2) is 0 Å². The molecule has 29 heavy (non-hydrogen) atoms. The fourth-order valence-corrected chi connectivity index (χ4v) is 4.00. The lowest BCUT2D eigenvalue weighted by Crippen LogP contribution is -2.49. The summed E-state index contributed by atoms with van der Waals surface area (Å²) >= 11 is 11.9. The summed E-state index contributed by atoms with van der Waals surface area (Å²) in [5, 5.41) is 1.12. The van der Waals surface area contributed by atoms with Crippen molar-refractivity contribution in [3.8, 4) is 0 Å². The van der Waals surface area contributed by atoms with Crippen molar-refractivity contribution in [1.29, 1.82) is 0 Å². The van der Waals surface area contributed by atoms with Gasteiger partial charge in [-0.25, -0.2) is 4.98 Å². The summed E-state index contributed by atoms with van der Waals surface area (Å²) in [7, 11) is 0. The number of nitrogens with zero attached hydrogens (tertiary/aromatic N) is 3. The van der Waals surface area contributed by atoms with Crippen LogP contribution in [0.2, 0.25) is 10.2 Å². The molecule has 0 aliphatic carbocycles. The van der Waals surface area contributed by atoms with Crippen molar-refractivity contribution in [3.05, 3.63) is 99.8 Å². The van der Waals surface area contributed by atoms with E-state index >= 15 is 0 Å². The molecule has 1 atom stereocenters. The second-order valence-corrected chi connectivity index (χ2v) is 7.89. The van der Waals surface area contributed by atoms with E-state index in [0.717, 1.165) is 18.1 Å². The van der Waals surface area contributed by atoms with E-state index in [0.29, 0.717) is 23.8 Å². The van der Waals surface area contributed by atoms with Crippen LogP contribution in [0.3, 0.4) is 0 Å². The van der Waals surface area contributed by atoms with Gasteiger partial charge in [-0.15, -0.1) is 0 Å². The average molecular weight is 426 g/mol. The Labute approximate surface area is 180 Å². The predicted octanol–water partition coefficient (Wildman–Crippen LogP) is 4.94. The second-order valence-electron chi connectivity index (χ2n) is 7.06. The molecule has 0 N–H and O–H groups in total. The molecule has 0 unspecified atom stereocenters. The Kier molecular flexibility index (Phi) is 6.14. The largest absolute Gasteiger partial charge is 0.336 e. The molecular formula is C23H21Cl2N3O. The van der Waals surface area contributed by atoms with Crippen molar-refractivity contribution in [2.75, 3.05) is 26.2 Å². The van der Waals surface area contributed by atoms with Gasteiger partial charge in [-0.2, -0.15) is 0 Å². The highest BCUT2D eigenvalue weighted by atomic mass is 35.5. The normalized spacial score (nSPS) is 15.9. The average Bonchev–Trinajstić information content (AvgIpc) is 2.77. The molecule has 2 aromatic carbocycles. The molecule has 1 amide bonds. The molecule has 0 saturated carbocycles. The smallest absolute Gasteiger partial charge is 0.255 e. The third kappa shape index (κ3) is 4.61. The molecule has 1 saturated heterocycles. The maximum absolute atomic E-state index is 12.8. The monoisotopic (exact) mass is 425 g/mol. The van der Waals surface area contributed by atoms with Gasteiger partial charge in [0.1, 0.15) is 5.15 Å². The Morgan fingerprint density at radius 1 is 0.828 bits per heavy atom. The first-order valence-electron chi connectivity index (χ1n) is 9.57. The van der Waals surface area contributed by atoms with Crippen LogP contribution in [-0.2, 0) is 0 Å². The van der Waals surface area contributed by atoms with E-state index in [-0.39, 0.29) is 11.9 Å². The van der Waals surface area contributed by atoms with Crippen molar-refractivity contribution in [3.63, 3.8) is 0 Å². The highest BCUT2D eigenvalue weighted by Crippen LogP contribution is 2.30. The standard InChI is InChI=1S/C23H21Cl2N3O/c24-20-9-6-18(7-10-20)22(17-4-2-1-3-5-17)27-12-14-28(15-13-27)23(29)19-8-11-21(25)26-16-19/h1-11,16,22H,12-15H2/t22-/m1/s1. The summed E-state index contributed by atoms with van der Waals surface area (Å²) in [4.78, 5) is 21.1. The molecule has 1 aromatic heterocycles. The minimum Gasteiger partial charge on any atom is -0.336 e. The van der Waals surface area contributed by atoms with Gasteiger partial charge in [0.25, 0.3) is 5.91 Å². The zero-order valence-corrected chi connectivity index (χ0v) is 17.4. The van der Waals surface area contributed by atoms with Crippen molar-refractivity contribution in [2.24, 2.45) is 0 Å². The number of rotatable bonds is 4. The highest BCUT2D eigenvalue weighted by molar-refractivity contribution is 6.30. The fraction of sp³-hybridized carbons (Fsp3) is 0.217. The van der Waals surface area contributed by atoms with E-state index < -0.39 is 0 Å². The van der Waals surface area contributed by atoms with E-state index in [1.165, 1.54) is 17.3 Å². The summed E-state index contributed by atoms with van der Waals surface area (Å²) in [5.74, 6) is -0.00318. The van der Waals surface area contributed by atoms with Gasteiger partial charge in [-0.05, 0) is 35.4 Å². The number of aromatic nitrogens is 1. The summed E-state index contributed by atoms with van der Waals surface area (Å²) in [6, 6.07) is 22.0. The minimum absolute atomic E-state index is 0.00318. The number of hydrogen-bond acceptors (Lipinski definition) is 3. The van der Waals surface area contributed by atoms with E-state index in [2.05, 4.69) is 46.3 Å². The first-order valence-corrected chi connectivity index (χ1v) is 10.3. The first kappa shape index (κ1) is 19.9. The third-order valence-corrected chi connectivity index (χ3v) is 5.72. The van der Waals surface area contributed by atoms with Gasteiger partial charge in [0.05, 0.1) is 11.6 Å². The maximum Gasteiger partial charge on any atom is 0.255 e. The minimum atomic E-state index is -0.00318. The zero-order chi connectivity index (χ0) is 20.2. The summed E-state index contributed by atoms with van der Waals surface area (Å²) in [6.45, 7) is 2.90. The molecule has 148 valence electrons. The van der Waals surface area contributed by atoms with Crippen LogP contribution in [0.5, 0.6) is 0 Å². The Bertz CT molecular complexity index is 954. The van der Waals surface area contributed by atoms with Crippen LogP contribution in [0.4, 0.5) is 0 Å². The predicted molar refractivity (Wildman–Crippen MR) is 116 cm³/mol. The van der Waals surface area contributed by atoms with Gasteiger partial charge in [-0.1, -0.05) is 65.7 Å². The SMILES string of the molecule is O=C(c1ccc(Cl)nc1)N1CCN([C@H](c2ccccc2)c2ccc(Cl)cc2)CC1. The van der Waals surface area contributed by atoms with Gasteiger partial charge in [-0.3, -0.25) is 9.69 Å². The van der Waals surface area contributed by atoms with Crippen LogP contribution >= 0.6 is 23.2 Å². The molecule has 1 aliphatic rings. The number of piperazine rings is 1. The number of pyridine rings is 1. The Morgan fingerprint density at radius 3 is 2.10 bits per heavy atom. The van der Waals surface area contributed by atoms with Gasteiger partial charge >= 0.3 is 0 Å². The first-order chi connectivity index (χ1) is 14.1. The van der Waals surface area contributed by atoms with E-state index in [4.69, 9.17) is 23.2 Å². The number of carbonyl (C=O) groups excluding carboxylic acids is 1. The van der Waals surface area contributed by atoms with Gasteiger partial charge < -0.3 is 4.90 Å². The molecule has 4 rings (SSSR count). The molecule has 3 aromatic rings. The number of amides is 1. The summed E-state index contributed by atoms with van der Waals surface area (Å²) in [5.41, 5.74) is 3.00. The van der Waals surface area contributed by atoms with Crippen LogP contribution in [0.15, 0.2) is 72.9 Å². The molecule has 1 aliphatic heterocycles. The molecule has 4 nitrogen and oxygen atoms in total.